The van der Waals surface area contributed by atoms with Crippen LogP contribution in [0.4, 0.5) is 0 Å². The zero-order chi connectivity index (χ0) is 22.5. The van der Waals surface area contributed by atoms with Gasteiger partial charge < -0.3 is 10.2 Å². The number of hydrogen-bond acceptors (Lipinski definition) is 7. The van der Waals surface area contributed by atoms with Gasteiger partial charge in [-0.15, -0.1) is 5.10 Å². The summed E-state index contributed by atoms with van der Waals surface area (Å²) >= 11 is 0. The van der Waals surface area contributed by atoms with Crippen LogP contribution in [0.3, 0.4) is 0 Å². The van der Waals surface area contributed by atoms with E-state index in [0.717, 1.165) is 25.8 Å². The van der Waals surface area contributed by atoms with Crippen molar-refractivity contribution < 1.29 is 9.59 Å². The number of aryl methyl sites for hydroxylation is 1. The lowest BCUT2D eigenvalue weighted by Crippen LogP contribution is -2.57. The molecular weight excluding hydrogens is 426 g/mol. The van der Waals surface area contributed by atoms with Gasteiger partial charge in [-0.1, -0.05) is 0 Å². The first-order valence-corrected chi connectivity index (χ1v) is 11.5. The average Bonchev–Trinajstić information content (AvgIpc) is 3.48. The van der Waals surface area contributed by atoms with Gasteiger partial charge >= 0.3 is 5.69 Å². The number of aromatic nitrogens is 7. The average molecular weight is 451 g/mol. The highest BCUT2D eigenvalue weighted by molar-refractivity contribution is 5.94. The molecule has 0 radical (unpaired) electrons. The zero-order valence-electron chi connectivity index (χ0n) is 18.0. The summed E-state index contributed by atoms with van der Waals surface area (Å²) in [5.41, 5.74) is 1.16. The van der Waals surface area contributed by atoms with E-state index in [1.807, 2.05) is 4.90 Å². The molecule has 2 bridgehead atoms. The summed E-state index contributed by atoms with van der Waals surface area (Å²) in [4.78, 5) is 44.3. The Bertz CT molecular complexity index is 1280. The summed E-state index contributed by atoms with van der Waals surface area (Å²) in [5, 5.41) is 20.1. The monoisotopic (exact) mass is 451 g/mol. The molecule has 3 aromatic heterocycles. The van der Waals surface area contributed by atoms with Gasteiger partial charge in [0, 0.05) is 32.1 Å². The van der Waals surface area contributed by atoms with Gasteiger partial charge in [0.25, 0.3) is 5.91 Å². The number of amides is 2. The molecule has 4 unspecified atom stereocenters. The van der Waals surface area contributed by atoms with Crippen molar-refractivity contribution >= 4 is 23.0 Å². The van der Waals surface area contributed by atoms with Crippen molar-refractivity contribution in [1.29, 1.82) is 0 Å². The standard InChI is InChI=1S/C21H25N9O3/c31-19(12-2-6-17-25-27-21(33)30(17)10-12)22-8-13-7-11-1-5-16(13)29(9-11)20(32)15-4-3-14-18(23-15)26-28-24-14/h3-4,11-13,16H,1-2,5-10H2,(H,22,31)(H,27,33)(H,23,24,26,28). The molecule has 12 nitrogen and oxygen atoms in total. The summed E-state index contributed by atoms with van der Waals surface area (Å²) < 4.78 is 1.55. The topological polar surface area (TPSA) is 155 Å². The maximum atomic E-state index is 13.3. The second-order valence-electron chi connectivity index (χ2n) is 9.36. The number of pyridine rings is 1. The first kappa shape index (κ1) is 20.1. The Balaban J connectivity index is 1.12. The number of fused-ring (bicyclic) bond motifs is 5. The Hall–Kier alpha value is -3.57. The van der Waals surface area contributed by atoms with Gasteiger partial charge in [-0.25, -0.2) is 14.9 Å². The molecule has 1 aliphatic carbocycles. The van der Waals surface area contributed by atoms with Crippen LogP contribution in [0.25, 0.3) is 11.2 Å². The van der Waals surface area contributed by atoms with E-state index in [0.29, 0.717) is 54.5 Å². The summed E-state index contributed by atoms with van der Waals surface area (Å²) in [7, 11) is 0. The van der Waals surface area contributed by atoms with Gasteiger partial charge in [0.1, 0.15) is 17.0 Å². The molecule has 33 heavy (non-hydrogen) atoms. The van der Waals surface area contributed by atoms with Crippen molar-refractivity contribution in [2.24, 2.45) is 17.8 Å². The van der Waals surface area contributed by atoms with E-state index in [2.05, 4.69) is 35.9 Å². The number of carbonyl (C=O) groups is 2. The third-order valence-electron chi connectivity index (χ3n) is 7.43. The number of aromatic amines is 2. The first-order chi connectivity index (χ1) is 16.1. The predicted molar refractivity (Wildman–Crippen MR) is 115 cm³/mol. The molecule has 4 aliphatic rings. The van der Waals surface area contributed by atoms with Gasteiger partial charge in [-0.2, -0.15) is 15.4 Å². The molecule has 7 rings (SSSR count). The van der Waals surface area contributed by atoms with Crippen molar-refractivity contribution in [3.8, 4) is 0 Å². The molecule has 4 atom stereocenters. The predicted octanol–water partition coefficient (Wildman–Crippen LogP) is -0.143. The van der Waals surface area contributed by atoms with E-state index in [1.165, 1.54) is 0 Å². The fraction of sp³-hybridized carbons (Fsp3) is 0.571. The van der Waals surface area contributed by atoms with Gasteiger partial charge in [-0.05, 0) is 49.7 Å². The highest BCUT2D eigenvalue weighted by Crippen LogP contribution is 2.39. The minimum atomic E-state index is -0.265. The Kier molecular flexibility index (Phi) is 4.73. The van der Waals surface area contributed by atoms with Crippen LogP contribution < -0.4 is 11.0 Å². The molecule has 3 fully saturated rings. The highest BCUT2D eigenvalue weighted by atomic mass is 16.2. The number of rotatable bonds is 4. The smallest absolute Gasteiger partial charge is 0.343 e. The zero-order valence-corrected chi connectivity index (χ0v) is 18.0. The summed E-state index contributed by atoms with van der Waals surface area (Å²) in [5.74, 6) is 0.969. The lowest BCUT2D eigenvalue weighted by molar-refractivity contribution is -0.126. The molecule has 3 aliphatic heterocycles. The van der Waals surface area contributed by atoms with E-state index in [4.69, 9.17) is 0 Å². The molecule has 0 aromatic carbocycles. The molecule has 3 N–H and O–H groups in total. The minimum Gasteiger partial charge on any atom is -0.355 e. The third kappa shape index (κ3) is 3.49. The number of nitrogens with one attached hydrogen (secondary N) is 3. The second kappa shape index (κ2) is 7.78. The highest BCUT2D eigenvalue weighted by Gasteiger charge is 2.43. The van der Waals surface area contributed by atoms with E-state index < -0.39 is 0 Å². The van der Waals surface area contributed by atoms with E-state index in [1.54, 1.807) is 16.7 Å². The van der Waals surface area contributed by atoms with Crippen molar-refractivity contribution in [2.45, 2.75) is 44.7 Å². The van der Waals surface area contributed by atoms with Crippen LogP contribution in [0.2, 0.25) is 0 Å². The van der Waals surface area contributed by atoms with Crippen LogP contribution >= 0.6 is 0 Å². The maximum absolute atomic E-state index is 13.3. The number of nitrogens with zero attached hydrogens (tertiary/aromatic N) is 6. The number of piperidine rings is 2. The van der Waals surface area contributed by atoms with Crippen molar-refractivity contribution in [2.75, 3.05) is 13.1 Å². The first-order valence-electron chi connectivity index (χ1n) is 11.5. The maximum Gasteiger partial charge on any atom is 0.343 e. The van der Waals surface area contributed by atoms with Gasteiger partial charge in [-0.3, -0.25) is 14.2 Å². The van der Waals surface area contributed by atoms with Gasteiger partial charge in [0.05, 0.1) is 5.92 Å². The third-order valence-corrected chi connectivity index (χ3v) is 7.43. The fourth-order valence-electron chi connectivity index (χ4n) is 5.73. The fourth-order valence-corrected chi connectivity index (χ4v) is 5.73. The van der Waals surface area contributed by atoms with Crippen LogP contribution in [0.15, 0.2) is 16.9 Å². The number of H-pyrrole nitrogens is 2. The molecule has 12 heteroatoms. The molecule has 1 saturated carbocycles. The lowest BCUT2D eigenvalue weighted by Gasteiger charge is -2.50. The lowest BCUT2D eigenvalue weighted by atomic mass is 9.72. The Morgan fingerprint density at radius 3 is 2.91 bits per heavy atom. The molecule has 2 amide bonds. The molecular formula is C21H25N9O3. The summed E-state index contributed by atoms with van der Waals surface area (Å²) in [6, 6.07) is 3.52. The van der Waals surface area contributed by atoms with Crippen LogP contribution in [0.5, 0.6) is 0 Å². The van der Waals surface area contributed by atoms with E-state index in [9.17, 15) is 14.4 Å². The Labute approximate surface area is 188 Å². The molecule has 2 saturated heterocycles. The largest absolute Gasteiger partial charge is 0.355 e. The Morgan fingerprint density at radius 2 is 2.03 bits per heavy atom. The van der Waals surface area contributed by atoms with Crippen molar-refractivity contribution in [3.63, 3.8) is 0 Å². The minimum absolute atomic E-state index is 0.0359. The second-order valence-corrected chi connectivity index (χ2v) is 9.36. The quantitative estimate of drug-likeness (QED) is 0.498. The SMILES string of the molecule is O=C(NCC1CC2CCC1N(C(=O)c1ccc3n[nH]nc3n1)C2)C1CCc2n[nH]c(=O)n2C1. The normalized spacial score (nSPS) is 26.4. The van der Waals surface area contributed by atoms with Crippen LogP contribution in [0.1, 0.15) is 42.0 Å². The van der Waals surface area contributed by atoms with Crippen molar-refractivity contribution in [3.05, 3.63) is 34.1 Å². The summed E-state index contributed by atoms with van der Waals surface area (Å²) in [6.45, 7) is 1.61. The van der Waals surface area contributed by atoms with E-state index >= 15 is 0 Å². The number of hydrogen-bond donors (Lipinski definition) is 3. The molecule has 172 valence electrons. The van der Waals surface area contributed by atoms with Crippen LogP contribution in [-0.2, 0) is 17.8 Å². The molecule has 0 spiro atoms. The number of carbonyl (C=O) groups excluding carboxylic acids is 2. The van der Waals surface area contributed by atoms with Crippen LogP contribution in [0, 0.1) is 17.8 Å². The summed E-state index contributed by atoms with van der Waals surface area (Å²) in [6.07, 6.45) is 4.31. The molecule has 6 heterocycles. The van der Waals surface area contributed by atoms with E-state index in [-0.39, 0.29) is 35.4 Å². The van der Waals surface area contributed by atoms with Crippen molar-refractivity contribution in [1.82, 2.24) is 45.4 Å². The van der Waals surface area contributed by atoms with Crippen LogP contribution in [-0.4, -0.2) is 71.0 Å². The van der Waals surface area contributed by atoms with Gasteiger partial charge in [0.15, 0.2) is 0 Å². The molecule has 3 aromatic rings. The van der Waals surface area contributed by atoms with Gasteiger partial charge in [0.2, 0.25) is 11.6 Å². The Morgan fingerprint density at radius 1 is 1.12 bits per heavy atom.